The summed E-state index contributed by atoms with van der Waals surface area (Å²) >= 11 is 1.66. The summed E-state index contributed by atoms with van der Waals surface area (Å²) in [4.78, 5) is 8.79. The van der Waals surface area contributed by atoms with Gasteiger partial charge >= 0.3 is 0 Å². The van der Waals surface area contributed by atoms with Crippen molar-refractivity contribution in [2.75, 3.05) is 0 Å². The number of fused-ring (bicyclic) bond motifs is 1. The van der Waals surface area contributed by atoms with Crippen LogP contribution in [0.5, 0.6) is 0 Å². The number of para-hydroxylation sites is 2. The number of hydrogen-bond donors (Lipinski definition) is 0. The molecule has 6 nitrogen and oxygen atoms in total. The third-order valence-electron chi connectivity index (χ3n) is 4.18. The molecule has 0 aliphatic heterocycles. The summed E-state index contributed by atoms with van der Waals surface area (Å²) in [7, 11) is 2.05. The van der Waals surface area contributed by atoms with Gasteiger partial charge in [0.05, 0.1) is 16.8 Å². The Bertz CT molecular complexity index is 1010. The van der Waals surface area contributed by atoms with Gasteiger partial charge < -0.3 is 9.13 Å². The molecule has 7 heteroatoms. The first kappa shape index (κ1) is 15.8. The number of imidazole rings is 1. The molecule has 0 aliphatic carbocycles. The first-order valence-corrected chi connectivity index (χ1v) is 9.13. The summed E-state index contributed by atoms with van der Waals surface area (Å²) in [5, 5.41) is 9.66. The van der Waals surface area contributed by atoms with Crippen molar-refractivity contribution in [1.29, 1.82) is 0 Å². The summed E-state index contributed by atoms with van der Waals surface area (Å²) in [5.41, 5.74) is 3.20. The zero-order valence-electron chi connectivity index (χ0n) is 14.1. The topological polar surface area (TPSA) is 61.4 Å². The number of hydrogen-bond acceptors (Lipinski definition) is 5. The Morgan fingerprint density at radius 1 is 1.04 bits per heavy atom. The lowest BCUT2D eigenvalue weighted by atomic mass is 10.2. The van der Waals surface area contributed by atoms with E-state index < -0.39 is 0 Å². The summed E-state index contributed by atoms with van der Waals surface area (Å²) in [6.45, 7) is 2.92. The minimum Gasteiger partial charge on any atom is -0.330 e. The van der Waals surface area contributed by atoms with Crippen molar-refractivity contribution < 1.29 is 0 Å². The standard InChI is InChI=1S/C18H18N6S/c1-3-24-17(13-8-10-19-11-9-13)21-22-18(24)25-12-16-20-14-6-4-5-7-15(14)23(16)2/h4-11H,3,12H2,1-2H3. The Kier molecular flexibility index (Phi) is 4.23. The molecule has 4 aromatic rings. The second-order valence-electron chi connectivity index (χ2n) is 5.65. The molecule has 4 rings (SSSR count). The van der Waals surface area contributed by atoms with Crippen LogP contribution in [0.1, 0.15) is 12.7 Å². The van der Waals surface area contributed by atoms with E-state index >= 15 is 0 Å². The summed E-state index contributed by atoms with van der Waals surface area (Å²) in [6.07, 6.45) is 3.55. The number of benzene rings is 1. The van der Waals surface area contributed by atoms with Crippen molar-refractivity contribution in [3.63, 3.8) is 0 Å². The summed E-state index contributed by atoms with van der Waals surface area (Å²) < 4.78 is 4.27. The Morgan fingerprint density at radius 3 is 2.60 bits per heavy atom. The number of aromatic nitrogens is 6. The average molecular weight is 350 g/mol. The number of aryl methyl sites for hydroxylation is 1. The van der Waals surface area contributed by atoms with E-state index in [2.05, 4.69) is 44.4 Å². The monoisotopic (exact) mass is 350 g/mol. The van der Waals surface area contributed by atoms with Gasteiger partial charge in [0.2, 0.25) is 0 Å². The molecule has 1 aromatic carbocycles. The molecule has 0 radical (unpaired) electrons. The maximum absolute atomic E-state index is 4.72. The van der Waals surface area contributed by atoms with Crippen LogP contribution in [0.3, 0.4) is 0 Å². The predicted octanol–water partition coefficient (Wildman–Crippen LogP) is 3.54. The zero-order valence-corrected chi connectivity index (χ0v) is 14.9. The number of thioether (sulfide) groups is 1. The van der Waals surface area contributed by atoms with Gasteiger partial charge in [0.1, 0.15) is 5.82 Å². The van der Waals surface area contributed by atoms with Gasteiger partial charge in [0.25, 0.3) is 0 Å². The molecule has 0 saturated heterocycles. The van der Waals surface area contributed by atoms with Crippen LogP contribution in [0.4, 0.5) is 0 Å². The molecule has 3 heterocycles. The molecule has 0 amide bonds. The van der Waals surface area contributed by atoms with Crippen LogP contribution in [0, 0.1) is 0 Å². The van der Waals surface area contributed by atoms with Crippen molar-refractivity contribution in [2.24, 2.45) is 7.05 Å². The zero-order chi connectivity index (χ0) is 17.2. The lowest BCUT2D eigenvalue weighted by Gasteiger charge is -2.07. The molecular weight excluding hydrogens is 332 g/mol. The van der Waals surface area contributed by atoms with Crippen molar-refractivity contribution in [3.05, 3.63) is 54.6 Å². The third-order valence-corrected chi connectivity index (χ3v) is 5.14. The van der Waals surface area contributed by atoms with E-state index in [-0.39, 0.29) is 0 Å². The fourth-order valence-corrected chi connectivity index (χ4v) is 3.84. The predicted molar refractivity (Wildman–Crippen MR) is 99.2 cm³/mol. The second-order valence-corrected chi connectivity index (χ2v) is 6.59. The van der Waals surface area contributed by atoms with Crippen molar-refractivity contribution in [3.8, 4) is 11.4 Å². The van der Waals surface area contributed by atoms with Gasteiger partial charge in [-0.3, -0.25) is 4.98 Å². The van der Waals surface area contributed by atoms with E-state index in [9.17, 15) is 0 Å². The van der Waals surface area contributed by atoms with Crippen LogP contribution in [0.15, 0.2) is 53.9 Å². The Labute approximate surface area is 149 Å². The molecule has 126 valence electrons. The number of nitrogens with zero attached hydrogens (tertiary/aromatic N) is 6. The Morgan fingerprint density at radius 2 is 1.84 bits per heavy atom. The smallest absolute Gasteiger partial charge is 0.191 e. The van der Waals surface area contributed by atoms with E-state index in [0.29, 0.717) is 0 Å². The molecule has 0 saturated carbocycles. The molecule has 0 N–H and O–H groups in total. The fourth-order valence-electron chi connectivity index (χ4n) is 2.85. The van der Waals surface area contributed by atoms with E-state index in [4.69, 9.17) is 4.98 Å². The fraction of sp³-hybridized carbons (Fsp3) is 0.222. The number of pyridine rings is 1. The molecule has 0 spiro atoms. The molecule has 0 aliphatic rings. The van der Waals surface area contributed by atoms with Crippen molar-refractivity contribution in [1.82, 2.24) is 29.3 Å². The van der Waals surface area contributed by atoms with Gasteiger partial charge in [-0.15, -0.1) is 10.2 Å². The third kappa shape index (κ3) is 2.91. The highest BCUT2D eigenvalue weighted by molar-refractivity contribution is 7.98. The Hall–Kier alpha value is -2.67. The minimum absolute atomic E-state index is 0.750. The van der Waals surface area contributed by atoms with Crippen LogP contribution < -0.4 is 0 Å². The largest absolute Gasteiger partial charge is 0.330 e. The highest BCUT2D eigenvalue weighted by atomic mass is 32.2. The lowest BCUT2D eigenvalue weighted by molar-refractivity contribution is 0.686. The van der Waals surface area contributed by atoms with Crippen LogP contribution in [-0.4, -0.2) is 29.3 Å². The molecule has 0 unspecified atom stereocenters. The lowest BCUT2D eigenvalue weighted by Crippen LogP contribution is -2.01. The normalized spacial score (nSPS) is 11.3. The van der Waals surface area contributed by atoms with Crippen LogP contribution in [-0.2, 0) is 19.3 Å². The Balaban J connectivity index is 1.61. The van der Waals surface area contributed by atoms with Gasteiger partial charge in [0.15, 0.2) is 11.0 Å². The second kappa shape index (κ2) is 6.68. The molecule has 3 aromatic heterocycles. The molecule has 0 atom stereocenters. The maximum atomic E-state index is 4.72. The maximum Gasteiger partial charge on any atom is 0.191 e. The van der Waals surface area contributed by atoms with E-state index in [0.717, 1.165) is 45.7 Å². The van der Waals surface area contributed by atoms with Gasteiger partial charge in [-0.25, -0.2) is 4.98 Å². The van der Waals surface area contributed by atoms with Gasteiger partial charge in [0, 0.05) is 31.5 Å². The summed E-state index contributed by atoms with van der Waals surface area (Å²) in [5.74, 6) is 2.65. The highest BCUT2D eigenvalue weighted by Gasteiger charge is 2.15. The van der Waals surface area contributed by atoms with Gasteiger partial charge in [-0.1, -0.05) is 23.9 Å². The van der Waals surface area contributed by atoms with Gasteiger partial charge in [-0.2, -0.15) is 0 Å². The van der Waals surface area contributed by atoms with Crippen LogP contribution in [0.25, 0.3) is 22.4 Å². The van der Waals surface area contributed by atoms with Crippen LogP contribution in [0.2, 0.25) is 0 Å². The first-order chi connectivity index (χ1) is 12.3. The average Bonchev–Trinajstić information content (AvgIpc) is 3.22. The minimum atomic E-state index is 0.750. The van der Waals surface area contributed by atoms with E-state index in [1.54, 1.807) is 24.2 Å². The van der Waals surface area contributed by atoms with Gasteiger partial charge in [-0.05, 0) is 31.2 Å². The summed E-state index contributed by atoms with van der Waals surface area (Å²) in [6, 6.07) is 12.1. The number of rotatable bonds is 5. The molecular formula is C18H18N6S. The highest BCUT2D eigenvalue weighted by Crippen LogP contribution is 2.26. The van der Waals surface area contributed by atoms with Crippen LogP contribution >= 0.6 is 11.8 Å². The first-order valence-electron chi connectivity index (χ1n) is 8.14. The SMILES string of the molecule is CCn1c(SCc2nc3ccccc3n2C)nnc1-c1ccncc1. The van der Waals surface area contributed by atoms with Crippen molar-refractivity contribution in [2.45, 2.75) is 24.4 Å². The van der Waals surface area contributed by atoms with E-state index in [1.165, 1.54) is 0 Å². The van der Waals surface area contributed by atoms with Crippen molar-refractivity contribution >= 4 is 22.8 Å². The molecule has 0 fully saturated rings. The quantitative estimate of drug-likeness (QED) is 0.515. The molecule has 25 heavy (non-hydrogen) atoms. The molecule has 0 bridgehead atoms. The van der Waals surface area contributed by atoms with E-state index in [1.807, 2.05) is 30.3 Å².